The monoisotopic (exact) mass is 428 g/mol. The second kappa shape index (κ2) is 10.9. The van der Waals surface area contributed by atoms with Gasteiger partial charge in [0, 0.05) is 18.7 Å². The fraction of sp³-hybridized carbons (Fsp3) is 0.296. The maximum absolute atomic E-state index is 12.5. The number of piperidine rings is 1. The molecular formula is C27H32N4O. The van der Waals surface area contributed by atoms with Crippen molar-refractivity contribution in [3.8, 4) is 0 Å². The summed E-state index contributed by atoms with van der Waals surface area (Å²) in [7, 11) is 0. The fourth-order valence-electron chi connectivity index (χ4n) is 4.19. The number of hydrogen-bond donors (Lipinski definition) is 3. The van der Waals surface area contributed by atoms with Crippen LogP contribution >= 0.6 is 0 Å². The molecule has 4 rings (SSSR count). The molecule has 5 nitrogen and oxygen atoms in total. The molecular weight excluding hydrogens is 396 g/mol. The molecule has 0 saturated carbocycles. The van der Waals surface area contributed by atoms with Gasteiger partial charge < -0.3 is 16.4 Å². The molecule has 5 heteroatoms. The summed E-state index contributed by atoms with van der Waals surface area (Å²) in [5, 5.41) is 6.46. The minimum atomic E-state index is -0.148. The van der Waals surface area contributed by atoms with E-state index in [9.17, 15) is 4.79 Å². The third-order valence-corrected chi connectivity index (χ3v) is 6.14. The van der Waals surface area contributed by atoms with Crippen molar-refractivity contribution in [2.45, 2.75) is 25.9 Å². The Hall–Kier alpha value is -3.15. The van der Waals surface area contributed by atoms with Gasteiger partial charge in [-0.1, -0.05) is 54.6 Å². The first-order chi connectivity index (χ1) is 15.7. The molecule has 32 heavy (non-hydrogen) atoms. The lowest BCUT2D eigenvalue weighted by molar-refractivity contribution is 0.102. The first kappa shape index (κ1) is 22.1. The number of nitrogens with one attached hydrogen (secondary N) is 2. The molecule has 0 atom stereocenters. The maximum atomic E-state index is 12.5. The Balaban J connectivity index is 1.17. The van der Waals surface area contributed by atoms with Gasteiger partial charge in [-0.25, -0.2) is 0 Å². The molecule has 0 unspecified atom stereocenters. The van der Waals surface area contributed by atoms with Gasteiger partial charge >= 0.3 is 0 Å². The van der Waals surface area contributed by atoms with E-state index in [1.54, 1.807) is 12.1 Å². The Labute approximate surface area is 190 Å². The van der Waals surface area contributed by atoms with Gasteiger partial charge in [0.05, 0.1) is 11.4 Å². The summed E-state index contributed by atoms with van der Waals surface area (Å²) in [6.07, 6.45) is 2.48. The fourth-order valence-corrected chi connectivity index (χ4v) is 4.19. The minimum Gasteiger partial charge on any atom is -0.397 e. The van der Waals surface area contributed by atoms with Crippen LogP contribution in [0.2, 0.25) is 0 Å². The summed E-state index contributed by atoms with van der Waals surface area (Å²) in [5.74, 6) is 0.577. The lowest BCUT2D eigenvalue weighted by atomic mass is 9.96. The lowest BCUT2D eigenvalue weighted by Crippen LogP contribution is -2.36. The van der Waals surface area contributed by atoms with Crippen molar-refractivity contribution in [2.75, 3.05) is 30.7 Å². The predicted octanol–water partition coefficient (Wildman–Crippen LogP) is 4.52. The largest absolute Gasteiger partial charge is 0.397 e. The van der Waals surface area contributed by atoms with Gasteiger partial charge in [-0.05, 0) is 73.8 Å². The third-order valence-electron chi connectivity index (χ3n) is 6.14. The first-order valence-corrected chi connectivity index (χ1v) is 11.4. The van der Waals surface area contributed by atoms with E-state index in [0.717, 1.165) is 38.6 Å². The normalized spacial score (nSPS) is 14.9. The topological polar surface area (TPSA) is 70.4 Å². The number of amides is 1. The lowest BCUT2D eigenvalue weighted by Gasteiger charge is -2.32. The second-order valence-corrected chi connectivity index (χ2v) is 8.57. The number of nitrogen functional groups attached to an aromatic ring is 1. The zero-order chi connectivity index (χ0) is 22.2. The Bertz CT molecular complexity index is 996. The SMILES string of the molecule is Nc1ccccc1NC(=O)c1ccc(CNCC2CCN(Cc3ccccc3)CC2)cc1. The third kappa shape index (κ3) is 6.19. The van der Waals surface area contributed by atoms with Crippen LogP contribution in [-0.4, -0.2) is 30.4 Å². The summed E-state index contributed by atoms with van der Waals surface area (Å²) in [6, 6.07) is 25.8. The van der Waals surface area contributed by atoms with E-state index >= 15 is 0 Å². The van der Waals surface area contributed by atoms with Crippen LogP contribution in [-0.2, 0) is 13.1 Å². The van der Waals surface area contributed by atoms with Crippen molar-refractivity contribution >= 4 is 17.3 Å². The van der Waals surface area contributed by atoms with Crippen LogP contribution in [0.3, 0.4) is 0 Å². The Morgan fingerprint density at radius 2 is 1.56 bits per heavy atom. The molecule has 1 aliphatic heterocycles. The molecule has 0 spiro atoms. The van der Waals surface area contributed by atoms with Gasteiger partial charge in [0.1, 0.15) is 0 Å². The summed E-state index contributed by atoms with van der Waals surface area (Å²) in [4.78, 5) is 15.0. The summed E-state index contributed by atoms with van der Waals surface area (Å²) in [6.45, 7) is 5.23. The predicted molar refractivity (Wildman–Crippen MR) is 131 cm³/mol. The molecule has 0 radical (unpaired) electrons. The molecule has 3 aromatic rings. The van der Waals surface area contributed by atoms with Gasteiger partial charge in [0.25, 0.3) is 5.91 Å². The number of likely N-dealkylation sites (tertiary alicyclic amines) is 1. The smallest absolute Gasteiger partial charge is 0.255 e. The van der Waals surface area contributed by atoms with Gasteiger partial charge in [-0.15, -0.1) is 0 Å². The zero-order valence-electron chi connectivity index (χ0n) is 18.5. The standard InChI is InChI=1S/C27H32N4O/c28-25-8-4-5-9-26(25)30-27(32)24-12-10-21(11-13-24)18-29-19-22-14-16-31(17-15-22)20-23-6-2-1-3-7-23/h1-13,22,29H,14-20,28H2,(H,30,32). The molecule has 1 aliphatic rings. The molecule has 0 bridgehead atoms. The van der Waals surface area contributed by atoms with Crippen LogP contribution in [0.4, 0.5) is 11.4 Å². The Morgan fingerprint density at radius 3 is 2.28 bits per heavy atom. The molecule has 1 saturated heterocycles. The number of carbonyl (C=O) groups is 1. The highest BCUT2D eigenvalue weighted by molar-refractivity contribution is 6.05. The molecule has 0 aliphatic carbocycles. The van der Waals surface area contributed by atoms with E-state index in [0.29, 0.717) is 16.9 Å². The highest BCUT2D eigenvalue weighted by Crippen LogP contribution is 2.19. The minimum absolute atomic E-state index is 0.148. The number of benzene rings is 3. The van der Waals surface area contributed by atoms with E-state index in [1.807, 2.05) is 36.4 Å². The molecule has 1 amide bonds. The number of hydrogen-bond acceptors (Lipinski definition) is 4. The molecule has 4 N–H and O–H groups in total. The van der Waals surface area contributed by atoms with E-state index in [2.05, 4.69) is 45.9 Å². The zero-order valence-corrected chi connectivity index (χ0v) is 18.5. The van der Waals surface area contributed by atoms with Crippen molar-refractivity contribution in [3.05, 3.63) is 95.6 Å². The van der Waals surface area contributed by atoms with Crippen molar-refractivity contribution < 1.29 is 4.79 Å². The molecule has 3 aromatic carbocycles. The van der Waals surface area contributed by atoms with Crippen LogP contribution in [0.15, 0.2) is 78.9 Å². The number of rotatable bonds is 8. The van der Waals surface area contributed by atoms with E-state index in [-0.39, 0.29) is 5.91 Å². The highest BCUT2D eigenvalue weighted by atomic mass is 16.1. The quantitative estimate of drug-likeness (QED) is 0.461. The highest BCUT2D eigenvalue weighted by Gasteiger charge is 2.18. The summed E-state index contributed by atoms with van der Waals surface area (Å²) < 4.78 is 0. The van der Waals surface area contributed by atoms with Crippen LogP contribution in [0.5, 0.6) is 0 Å². The van der Waals surface area contributed by atoms with Crippen LogP contribution in [0.25, 0.3) is 0 Å². The number of nitrogens with zero attached hydrogens (tertiary/aromatic N) is 1. The Morgan fingerprint density at radius 1 is 0.875 bits per heavy atom. The summed E-state index contributed by atoms with van der Waals surface area (Å²) in [5.41, 5.74) is 10.3. The maximum Gasteiger partial charge on any atom is 0.255 e. The first-order valence-electron chi connectivity index (χ1n) is 11.4. The van der Waals surface area contributed by atoms with Gasteiger partial charge in [-0.2, -0.15) is 0 Å². The summed E-state index contributed by atoms with van der Waals surface area (Å²) >= 11 is 0. The van der Waals surface area contributed by atoms with Gasteiger partial charge in [-0.3, -0.25) is 9.69 Å². The van der Waals surface area contributed by atoms with Crippen molar-refractivity contribution in [1.29, 1.82) is 0 Å². The second-order valence-electron chi connectivity index (χ2n) is 8.57. The number of anilines is 2. The van der Waals surface area contributed by atoms with Crippen molar-refractivity contribution in [2.24, 2.45) is 5.92 Å². The average Bonchev–Trinajstić information content (AvgIpc) is 2.83. The van der Waals surface area contributed by atoms with E-state index in [4.69, 9.17) is 5.73 Å². The van der Waals surface area contributed by atoms with Crippen LogP contribution in [0, 0.1) is 5.92 Å². The molecule has 0 aromatic heterocycles. The van der Waals surface area contributed by atoms with Crippen molar-refractivity contribution in [3.63, 3.8) is 0 Å². The molecule has 166 valence electrons. The van der Waals surface area contributed by atoms with Crippen LogP contribution < -0.4 is 16.4 Å². The van der Waals surface area contributed by atoms with E-state index < -0.39 is 0 Å². The van der Waals surface area contributed by atoms with Crippen molar-refractivity contribution in [1.82, 2.24) is 10.2 Å². The number of carbonyl (C=O) groups excluding carboxylic acids is 1. The molecule has 1 fully saturated rings. The van der Waals surface area contributed by atoms with Gasteiger partial charge in [0.2, 0.25) is 0 Å². The number of nitrogens with two attached hydrogens (primary N) is 1. The van der Waals surface area contributed by atoms with Crippen LogP contribution in [0.1, 0.15) is 34.3 Å². The molecule has 1 heterocycles. The Kier molecular flexibility index (Phi) is 7.54. The van der Waals surface area contributed by atoms with Gasteiger partial charge in [0.15, 0.2) is 0 Å². The average molecular weight is 429 g/mol. The number of para-hydroxylation sites is 2. The van der Waals surface area contributed by atoms with E-state index in [1.165, 1.54) is 24.0 Å².